The summed E-state index contributed by atoms with van der Waals surface area (Å²) in [6, 6.07) is 3.96. The lowest BCUT2D eigenvalue weighted by molar-refractivity contribution is -0.123. The number of carbonyl (C=O) groups excluding carboxylic acids is 3. The minimum atomic E-state index is -1.69. The van der Waals surface area contributed by atoms with Crippen LogP contribution >= 0.6 is 0 Å². The van der Waals surface area contributed by atoms with E-state index in [1.165, 1.54) is 0 Å². The number of piperidine rings is 1. The van der Waals surface area contributed by atoms with Gasteiger partial charge < -0.3 is 45.9 Å². The molecule has 2 atom stereocenters. The number of carbonyl (C=O) groups is 4. The van der Waals surface area contributed by atoms with Gasteiger partial charge in [0.2, 0.25) is 12.7 Å². The number of amides is 4. The highest BCUT2D eigenvalue weighted by molar-refractivity contribution is 5.87. The second kappa shape index (κ2) is 14.9. The van der Waals surface area contributed by atoms with E-state index in [-0.39, 0.29) is 25.3 Å². The topological polar surface area (TPSA) is 176 Å². The number of hydrogen-bond acceptors (Lipinski definition) is 8. The molecule has 1 aromatic rings. The van der Waals surface area contributed by atoms with Crippen LogP contribution in [0.5, 0.6) is 11.5 Å². The number of fused-ring (bicyclic) bond motifs is 1. The average Bonchev–Trinajstić information content (AvgIpc) is 3.37. The Balaban J connectivity index is 1.53. The van der Waals surface area contributed by atoms with Crippen LogP contribution in [0.2, 0.25) is 0 Å². The molecule has 13 heteroatoms. The molecule has 2 aliphatic heterocycles. The van der Waals surface area contributed by atoms with Gasteiger partial charge in [-0.25, -0.2) is 14.4 Å². The second-order valence-corrected chi connectivity index (χ2v) is 9.26. The molecular weight excluding hydrogens is 498 g/mol. The highest BCUT2D eigenvalue weighted by atomic mass is 16.7. The quantitative estimate of drug-likeness (QED) is 0.133. The number of unbranched alkanes of at least 4 members (excludes halogenated alkanes) is 1. The Hall–Kier alpha value is -3.74. The van der Waals surface area contributed by atoms with E-state index in [1.54, 1.807) is 6.07 Å². The predicted octanol–water partition coefficient (Wildman–Crippen LogP) is 2.22. The number of alkyl carbamates (subject to hydrolysis) is 1. The van der Waals surface area contributed by atoms with Gasteiger partial charge in [-0.3, -0.25) is 4.79 Å². The van der Waals surface area contributed by atoms with Crippen LogP contribution in [0.3, 0.4) is 0 Å². The van der Waals surface area contributed by atoms with Crippen LogP contribution in [-0.4, -0.2) is 68.3 Å². The van der Waals surface area contributed by atoms with Gasteiger partial charge >= 0.3 is 18.3 Å². The van der Waals surface area contributed by atoms with Gasteiger partial charge in [-0.05, 0) is 75.2 Å². The Labute approximate surface area is 221 Å². The molecule has 3 rings (SSSR count). The molecule has 4 amide bonds. The second-order valence-electron chi connectivity index (χ2n) is 9.26. The molecule has 1 fully saturated rings. The highest BCUT2D eigenvalue weighted by Gasteiger charge is 2.24. The van der Waals surface area contributed by atoms with Gasteiger partial charge in [0.1, 0.15) is 6.04 Å². The van der Waals surface area contributed by atoms with Gasteiger partial charge in [0.05, 0.1) is 6.04 Å². The Morgan fingerprint density at radius 1 is 1.08 bits per heavy atom. The van der Waals surface area contributed by atoms with E-state index < -0.39 is 24.3 Å². The largest absolute Gasteiger partial charge is 0.514 e. The third-order valence-electron chi connectivity index (χ3n) is 6.53. The smallest absolute Gasteiger partial charge is 0.454 e. The highest BCUT2D eigenvalue weighted by Crippen LogP contribution is 2.34. The van der Waals surface area contributed by atoms with E-state index in [9.17, 15) is 19.2 Å². The minimum Gasteiger partial charge on any atom is -0.454 e. The Morgan fingerprint density at radius 3 is 2.58 bits per heavy atom. The maximum atomic E-state index is 13.0. The van der Waals surface area contributed by atoms with Crippen LogP contribution in [-0.2, 0) is 9.53 Å². The third kappa shape index (κ3) is 9.29. The molecule has 1 saturated heterocycles. The third-order valence-corrected chi connectivity index (χ3v) is 6.53. The van der Waals surface area contributed by atoms with Crippen molar-refractivity contribution in [3.63, 3.8) is 0 Å². The molecule has 0 unspecified atom stereocenters. The molecule has 2 heterocycles. The van der Waals surface area contributed by atoms with Gasteiger partial charge in [0.25, 0.3) is 0 Å². The van der Waals surface area contributed by atoms with E-state index in [0.29, 0.717) is 49.6 Å². The van der Waals surface area contributed by atoms with Crippen molar-refractivity contribution in [2.75, 3.05) is 33.0 Å². The van der Waals surface area contributed by atoms with Crippen molar-refractivity contribution < 1.29 is 38.5 Å². The number of urea groups is 1. The first-order valence-electron chi connectivity index (χ1n) is 13.0. The lowest BCUT2D eigenvalue weighted by Crippen LogP contribution is -2.51. The molecular formula is C25H37N5O8. The average molecular weight is 536 g/mol. The van der Waals surface area contributed by atoms with Crippen LogP contribution in [0.1, 0.15) is 57.1 Å². The normalized spacial score (nSPS) is 16.1. The zero-order valence-electron chi connectivity index (χ0n) is 21.5. The standard InChI is InChI=1S/C25H37N5O8/c1-2-18(17-6-7-20-21(13-17)37-15-36-20)29-23(32)30-19(5-3-4-10-27-24(33)38-25(34)35)22(31)28-14-16-8-11-26-12-9-16/h6-7,13,16,18-19,26H,2-5,8-12,14-15H2,1H3,(H,27,33)(H,28,31)(H,34,35)(H2,29,30,32)/t18-,19-/m0/s1. The summed E-state index contributed by atoms with van der Waals surface area (Å²) >= 11 is 0. The summed E-state index contributed by atoms with van der Waals surface area (Å²) in [5, 5.41) is 22.8. The summed E-state index contributed by atoms with van der Waals surface area (Å²) in [5.74, 6) is 1.39. The van der Waals surface area contributed by atoms with E-state index in [2.05, 4.69) is 31.3 Å². The molecule has 13 nitrogen and oxygen atoms in total. The van der Waals surface area contributed by atoms with Crippen LogP contribution < -0.4 is 36.1 Å². The van der Waals surface area contributed by atoms with Crippen molar-refractivity contribution in [2.24, 2.45) is 5.92 Å². The summed E-state index contributed by atoms with van der Waals surface area (Å²) in [6.45, 7) is 4.65. The number of ether oxygens (including phenoxy) is 3. The van der Waals surface area contributed by atoms with Gasteiger partial charge in [0.15, 0.2) is 11.5 Å². The molecule has 6 N–H and O–H groups in total. The molecule has 2 aliphatic rings. The monoisotopic (exact) mass is 535 g/mol. The fraction of sp³-hybridized carbons (Fsp3) is 0.600. The molecule has 38 heavy (non-hydrogen) atoms. The Morgan fingerprint density at radius 2 is 1.84 bits per heavy atom. The summed E-state index contributed by atoms with van der Waals surface area (Å²) in [4.78, 5) is 47.6. The number of benzene rings is 1. The summed E-state index contributed by atoms with van der Waals surface area (Å²) in [6.07, 6.45) is 1.13. The van der Waals surface area contributed by atoms with Crippen LogP contribution in [0.25, 0.3) is 0 Å². The maximum absolute atomic E-state index is 13.0. The number of hydrogen-bond donors (Lipinski definition) is 6. The molecule has 0 radical (unpaired) electrons. The summed E-state index contributed by atoms with van der Waals surface area (Å²) in [7, 11) is 0. The van der Waals surface area contributed by atoms with Crippen LogP contribution in [0.15, 0.2) is 18.2 Å². The molecule has 0 aromatic heterocycles. The molecule has 1 aromatic carbocycles. The zero-order valence-corrected chi connectivity index (χ0v) is 21.5. The summed E-state index contributed by atoms with van der Waals surface area (Å²) < 4.78 is 14.8. The fourth-order valence-electron chi connectivity index (χ4n) is 4.41. The van der Waals surface area contributed by atoms with Crippen molar-refractivity contribution in [3.8, 4) is 11.5 Å². The van der Waals surface area contributed by atoms with E-state index in [1.807, 2.05) is 19.1 Å². The van der Waals surface area contributed by atoms with E-state index in [4.69, 9.17) is 14.6 Å². The lowest BCUT2D eigenvalue weighted by Gasteiger charge is -2.25. The SMILES string of the molecule is CC[C@H](NC(=O)N[C@@H](CCCCNC(=O)OC(=O)O)C(=O)NCC1CCNCC1)c1ccc2c(c1)OCO2. The number of carboxylic acid groups (broad SMARTS) is 1. The Kier molecular flexibility index (Phi) is 11.3. The molecule has 210 valence electrons. The zero-order chi connectivity index (χ0) is 27.3. The lowest BCUT2D eigenvalue weighted by atomic mass is 9.98. The summed E-state index contributed by atoms with van der Waals surface area (Å²) in [5.41, 5.74) is 0.859. The van der Waals surface area contributed by atoms with Gasteiger partial charge in [-0.1, -0.05) is 13.0 Å². The number of rotatable bonds is 12. The minimum absolute atomic E-state index is 0.161. The van der Waals surface area contributed by atoms with Crippen molar-refractivity contribution >= 4 is 24.2 Å². The van der Waals surface area contributed by atoms with Crippen LogP contribution in [0, 0.1) is 5.92 Å². The Bertz CT molecular complexity index is 969. The maximum Gasteiger partial charge on any atom is 0.514 e. The van der Waals surface area contributed by atoms with E-state index >= 15 is 0 Å². The molecule has 0 aliphatic carbocycles. The first-order valence-corrected chi connectivity index (χ1v) is 13.0. The van der Waals surface area contributed by atoms with E-state index in [0.717, 1.165) is 31.5 Å². The van der Waals surface area contributed by atoms with Crippen molar-refractivity contribution in [1.82, 2.24) is 26.6 Å². The predicted molar refractivity (Wildman–Crippen MR) is 136 cm³/mol. The van der Waals surface area contributed by atoms with Crippen molar-refractivity contribution in [1.29, 1.82) is 0 Å². The molecule has 0 spiro atoms. The van der Waals surface area contributed by atoms with Gasteiger partial charge in [-0.15, -0.1) is 0 Å². The van der Waals surface area contributed by atoms with Crippen molar-refractivity contribution in [3.05, 3.63) is 23.8 Å². The first kappa shape index (κ1) is 28.8. The molecule has 0 bridgehead atoms. The molecule has 0 saturated carbocycles. The van der Waals surface area contributed by atoms with Gasteiger partial charge in [-0.2, -0.15) is 0 Å². The first-order chi connectivity index (χ1) is 18.4. The van der Waals surface area contributed by atoms with Crippen molar-refractivity contribution in [2.45, 2.75) is 57.5 Å². The number of nitrogens with one attached hydrogen (secondary N) is 5. The fourth-order valence-corrected chi connectivity index (χ4v) is 4.41. The van der Waals surface area contributed by atoms with Gasteiger partial charge in [0, 0.05) is 13.1 Å². The van der Waals surface area contributed by atoms with Crippen LogP contribution in [0.4, 0.5) is 14.4 Å².